The number of carbonyl (C=O) groups excluding carboxylic acids is 2. The molecule has 160 valence electrons. The van der Waals surface area contributed by atoms with Gasteiger partial charge < -0.3 is 20.3 Å². The first kappa shape index (κ1) is 21.7. The van der Waals surface area contributed by atoms with Crippen LogP contribution in [-0.2, 0) is 22.6 Å². The normalized spacial score (nSPS) is 14.0. The van der Waals surface area contributed by atoms with Crippen molar-refractivity contribution in [2.75, 3.05) is 31.6 Å². The molecule has 2 aromatic carbocycles. The van der Waals surface area contributed by atoms with Gasteiger partial charge in [-0.25, -0.2) is 0 Å². The van der Waals surface area contributed by atoms with E-state index in [1.165, 1.54) is 31.4 Å². The van der Waals surface area contributed by atoms with Gasteiger partial charge in [0.15, 0.2) is 0 Å². The number of nitrogens with one attached hydrogen (secondary N) is 2. The molecule has 1 heterocycles. The van der Waals surface area contributed by atoms with Crippen LogP contribution in [0.5, 0.6) is 5.75 Å². The molecule has 1 fully saturated rings. The highest BCUT2D eigenvalue weighted by Gasteiger charge is 2.13. The van der Waals surface area contributed by atoms with Crippen molar-refractivity contribution in [3.63, 3.8) is 0 Å². The van der Waals surface area contributed by atoms with Crippen LogP contribution in [0.3, 0.4) is 0 Å². The molecule has 6 nitrogen and oxygen atoms in total. The number of carbonyl (C=O) groups is 2. The summed E-state index contributed by atoms with van der Waals surface area (Å²) in [5, 5.41) is 5.33. The van der Waals surface area contributed by atoms with Crippen molar-refractivity contribution in [2.45, 2.75) is 38.6 Å². The van der Waals surface area contributed by atoms with E-state index in [2.05, 4.69) is 39.8 Å². The molecular formula is C24H31N3O3. The Morgan fingerprint density at radius 1 is 0.833 bits per heavy atom. The number of hydrogen-bond donors (Lipinski definition) is 2. The van der Waals surface area contributed by atoms with E-state index in [0.29, 0.717) is 19.5 Å². The lowest BCUT2D eigenvalue weighted by Gasteiger charge is -2.22. The van der Waals surface area contributed by atoms with Gasteiger partial charge in [0.25, 0.3) is 0 Å². The van der Waals surface area contributed by atoms with E-state index >= 15 is 0 Å². The Labute approximate surface area is 178 Å². The van der Waals surface area contributed by atoms with Crippen LogP contribution in [0.2, 0.25) is 0 Å². The van der Waals surface area contributed by atoms with E-state index in [1.807, 2.05) is 24.3 Å². The first-order chi connectivity index (χ1) is 14.7. The largest absolute Gasteiger partial charge is 0.497 e. The SMILES string of the molecule is COc1ccc(CNC(=O)C(=O)NCCc2ccc(N3CCCCCC3)cc2)cc1. The third-order valence-corrected chi connectivity index (χ3v) is 5.43. The maximum atomic E-state index is 12.0. The van der Waals surface area contributed by atoms with Crippen LogP contribution in [-0.4, -0.2) is 38.6 Å². The molecule has 0 unspecified atom stereocenters. The summed E-state index contributed by atoms with van der Waals surface area (Å²) in [6, 6.07) is 15.9. The van der Waals surface area contributed by atoms with Gasteiger partial charge in [-0.05, 0) is 54.7 Å². The van der Waals surface area contributed by atoms with Crippen LogP contribution < -0.4 is 20.3 Å². The summed E-state index contributed by atoms with van der Waals surface area (Å²) in [5.74, 6) is -0.477. The average molecular weight is 410 g/mol. The summed E-state index contributed by atoms with van der Waals surface area (Å²) in [5.41, 5.74) is 3.32. The lowest BCUT2D eigenvalue weighted by Crippen LogP contribution is -2.40. The van der Waals surface area contributed by atoms with Crippen LogP contribution in [0, 0.1) is 0 Å². The number of anilines is 1. The van der Waals surface area contributed by atoms with Gasteiger partial charge in [0.2, 0.25) is 0 Å². The van der Waals surface area contributed by atoms with E-state index in [4.69, 9.17) is 4.74 Å². The monoisotopic (exact) mass is 409 g/mol. The molecule has 2 aromatic rings. The molecule has 30 heavy (non-hydrogen) atoms. The second-order valence-electron chi connectivity index (χ2n) is 7.60. The molecule has 0 saturated carbocycles. The molecule has 2 N–H and O–H groups in total. The van der Waals surface area contributed by atoms with Crippen LogP contribution in [0.15, 0.2) is 48.5 Å². The highest BCUT2D eigenvalue weighted by atomic mass is 16.5. The molecule has 1 aliphatic rings. The maximum absolute atomic E-state index is 12.0. The van der Waals surface area contributed by atoms with E-state index in [1.54, 1.807) is 7.11 Å². The standard InChI is InChI=1S/C24H31N3O3/c1-30-22-12-8-20(9-13-22)18-26-24(29)23(28)25-15-14-19-6-10-21(11-7-19)27-16-4-2-3-5-17-27/h6-13H,2-5,14-18H2,1H3,(H,25,28)(H,26,29). The highest BCUT2D eigenvalue weighted by molar-refractivity contribution is 6.35. The van der Waals surface area contributed by atoms with Gasteiger partial charge >= 0.3 is 11.8 Å². The zero-order valence-corrected chi connectivity index (χ0v) is 17.7. The van der Waals surface area contributed by atoms with E-state index in [0.717, 1.165) is 30.0 Å². The summed E-state index contributed by atoms with van der Waals surface area (Å²) < 4.78 is 5.10. The van der Waals surface area contributed by atoms with Crippen molar-refractivity contribution < 1.29 is 14.3 Å². The lowest BCUT2D eigenvalue weighted by molar-refractivity contribution is -0.139. The fourth-order valence-electron chi connectivity index (χ4n) is 3.61. The van der Waals surface area contributed by atoms with Gasteiger partial charge in [-0.2, -0.15) is 0 Å². The molecule has 1 aliphatic heterocycles. The van der Waals surface area contributed by atoms with E-state index < -0.39 is 11.8 Å². The van der Waals surface area contributed by atoms with Gasteiger partial charge in [0, 0.05) is 31.9 Å². The van der Waals surface area contributed by atoms with Crippen molar-refractivity contribution in [3.05, 3.63) is 59.7 Å². The quantitative estimate of drug-likeness (QED) is 0.690. The number of hydrogen-bond acceptors (Lipinski definition) is 4. The number of nitrogens with zero attached hydrogens (tertiary/aromatic N) is 1. The molecule has 0 bridgehead atoms. The molecule has 0 aromatic heterocycles. The van der Waals surface area contributed by atoms with Crippen molar-refractivity contribution in [2.24, 2.45) is 0 Å². The molecule has 0 radical (unpaired) electrons. The Balaban J connectivity index is 1.38. The minimum Gasteiger partial charge on any atom is -0.497 e. The average Bonchev–Trinajstić information content (AvgIpc) is 3.08. The summed E-state index contributed by atoms with van der Waals surface area (Å²) in [6.45, 7) is 2.98. The number of ether oxygens (including phenoxy) is 1. The summed E-state index contributed by atoms with van der Waals surface area (Å²) in [7, 11) is 1.60. The third kappa shape index (κ3) is 6.51. The molecule has 0 atom stereocenters. The first-order valence-electron chi connectivity index (χ1n) is 10.7. The van der Waals surface area contributed by atoms with Crippen molar-refractivity contribution in [1.82, 2.24) is 10.6 Å². The van der Waals surface area contributed by atoms with Crippen molar-refractivity contribution in [1.29, 1.82) is 0 Å². The number of amides is 2. The summed E-state index contributed by atoms with van der Waals surface area (Å²) in [6.07, 6.45) is 5.85. The first-order valence-corrected chi connectivity index (χ1v) is 10.7. The van der Waals surface area contributed by atoms with Gasteiger partial charge in [-0.15, -0.1) is 0 Å². The molecule has 3 rings (SSSR count). The number of methoxy groups -OCH3 is 1. The topological polar surface area (TPSA) is 70.7 Å². The summed E-state index contributed by atoms with van der Waals surface area (Å²) in [4.78, 5) is 26.4. The Kier molecular flexibility index (Phi) is 8.12. The molecular weight excluding hydrogens is 378 g/mol. The van der Waals surface area contributed by atoms with Gasteiger partial charge in [0.1, 0.15) is 5.75 Å². The van der Waals surface area contributed by atoms with E-state index in [-0.39, 0.29) is 0 Å². The van der Waals surface area contributed by atoms with Crippen molar-refractivity contribution >= 4 is 17.5 Å². The number of rotatable bonds is 7. The molecule has 0 aliphatic carbocycles. The molecule has 2 amide bonds. The zero-order valence-electron chi connectivity index (χ0n) is 17.7. The smallest absolute Gasteiger partial charge is 0.309 e. The fourth-order valence-corrected chi connectivity index (χ4v) is 3.61. The fraction of sp³-hybridized carbons (Fsp3) is 0.417. The predicted molar refractivity (Wildman–Crippen MR) is 119 cm³/mol. The van der Waals surface area contributed by atoms with Crippen LogP contribution in [0.25, 0.3) is 0 Å². The second kappa shape index (κ2) is 11.2. The van der Waals surface area contributed by atoms with Crippen LogP contribution in [0.4, 0.5) is 5.69 Å². The van der Waals surface area contributed by atoms with Gasteiger partial charge in [0.05, 0.1) is 7.11 Å². The predicted octanol–water partition coefficient (Wildman–Crippen LogP) is 3.05. The molecule has 6 heteroatoms. The molecule has 1 saturated heterocycles. The highest BCUT2D eigenvalue weighted by Crippen LogP contribution is 2.20. The minimum atomic E-state index is -0.623. The van der Waals surface area contributed by atoms with Crippen LogP contribution in [0.1, 0.15) is 36.8 Å². The zero-order chi connectivity index (χ0) is 21.2. The Hall–Kier alpha value is -3.02. The Bertz CT molecular complexity index is 811. The summed E-state index contributed by atoms with van der Waals surface area (Å²) >= 11 is 0. The van der Waals surface area contributed by atoms with Crippen LogP contribution >= 0.6 is 0 Å². The maximum Gasteiger partial charge on any atom is 0.309 e. The Morgan fingerprint density at radius 3 is 2.07 bits per heavy atom. The third-order valence-electron chi connectivity index (χ3n) is 5.43. The second-order valence-corrected chi connectivity index (χ2v) is 7.60. The lowest BCUT2D eigenvalue weighted by atomic mass is 10.1. The van der Waals surface area contributed by atoms with Gasteiger partial charge in [-0.3, -0.25) is 9.59 Å². The minimum absolute atomic E-state index is 0.300. The number of benzene rings is 2. The molecule has 0 spiro atoms. The van der Waals surface area contributed by atoms with Gasteiger partial charge in [-0.1, -0.05) is 37.1 Å². The van der Waals surface area contributed by atoms with Crippen molar-refractivity contribution in [3.8, 4) is 5.75 Å². The van der Waals surface area contributed by atoms with E-state index in [9.17, 15) is 9.59 Å². The Morgan fingerprint density at radius 2 is 1.43 bits per heavy atom.